The molecule has 1 nitrogen and oxygen atoms in total. The lowest BCUT2D eigenvalue weighted by molar-refractivity contribution is 0.205. The summed E-state index contributed by atoms with van der Waals surface area (Å²) in [6.45, 7) is 4.25. The van der Waals surface area contributed by atoms with Gasteiger partial charge < -0.3 is 5.11 Å². The van der Waals surface area contributed by atoms with Gasteiger partial charge in [0.1, 0.15) is 0 Å². The lowest BCUT2D eigenvalue weighted by atomic mass is 9.91. The van der Waals surface area contributed by atoms with Gasteiger partial charge in [-0.2, -0.15) is 0 Å². The van der Waals surface area contributed by atoms with Crippen molar-refractivity contribution in [2.75, 3.05) is 0 Å². The van der Waals surface area contributed by atoms with E-state index in [9.17, 15) is 5.11 Å². The zero-order valence-corrected chi connectivity index (χ0v) is 12.3. The van der Waals surface area contributed by atoms with E-state index in [1.807, 2.05) is 0 Å². The number of aliphatic hydroxyl groups excluding tert-OH is 1. The summed E-state index contributed by atoms with van der Waals surface area (Å²) in [5.74, 6) is 0. The van der Waals surface area contributed by atoms with Crippen molar-refractivity contribution in [3.05, 3.63) is 46.5 Å². The number of benzene rings is 1. The van der Waals surface area contributed by atoms with Crippen LogP contribution in [0.25, 0.3) is 0 Å². The number of allylic oxidation sites excluding steroid dienone is 1. The quantitative estimate of drug-likeness (QED) is 0.792. The molecule has 0 bridgehead atoms. The van der Waals surface area contributed by atoms with Crippen molar-refractivity contribution >= 4 is 0 Å². The van der Waals surface area contributed by atoms with Crippen LogP contribution in [0.5, 0.6) is 0 Å². The molecule has 0 aromatic heterocycles. The van der Waals surface area contributed by atoms with E-state index in [0.717, 1.165) is 19.3 Å². The van der Waals surface area contributed by atoms with Gasteiger partial charge in [-0.05, 0) is 56.2 Å². The third-order valence-electron chi connectivity index (χ3n) is 4.17. The highest BCUT2D eigenvalue weighted by Crippen LogP contribution is 2.23. The van der Waals surface area contributed by atoms with Crippen LogP contribution in [0.3, 0.4) is 0 Å². The topological polar surface area (TPSA) is 20.2 Å². The van der Waals surface area contributed by atoms with E-state index in [0.29, 0.717) is 0 Å². The van der Waals surface area contributed by atoms with Gasteiger partial charge in [0, 0.05) is 6.42 Å². The zero-order chi connectivity index (χ0) is 13.7. The summed E-state index contributed by atoms with van der Waals surface area (Å²) < 4.78 is 0. The minimum Gasteiger partial charge on any atom is -0.388 e. The van der Waals surface area contributed by atoms with Crippen molar-refractivity contribution in [2.45, 2.75) is 64.9 Å². The first-order valence-electron chi connectivity index (χ1n) is 7.60. The monoisotopic (exact) mass is 258 g/mol. The van der Waals surface area contributed by atoms with Crippen molar-refractivity contribution < 1.29 is 5.11 Å². The summed E-state index contributed by atoms with van der Waals surface area (Å²) >= 11 is 0. The summed E-state index contributed by atoms with van der Waals surface area (Å²) in [6.07, 6.45) is 10.1. The smallest absolute Gasteiger partial charge is 0.0790 e. The van der Waals surface area contributed by atoms with Gasteiger partial charge in [0.25, 0.3) is 0 Å². The van der Waals surface area contributed by atoms with Gasteiger partial charge in [-0.3, -0.25) is 0 Å². The maximum atomic E-state index is 10.5. The molecule has 1 aromatic rings. The van der Waals surface area contributed by atoms with Crippen molar-refractivity contribution in [3.8, 4) is 0 Å². The third-order valence-corrected chi connectivity index (χ3v) is 4.17. The van der Waals surface area contributed by atoms with Crippen LogP contribution >= 0.6 is 0 Å². The van der Waals surface area contributed by atoms with E-state index >= 15 is 0 Å². The number of hydrogen-bond donors (Lipinski definition) is 1. The number of hydrogen-bond acceptors (Lipinski definition) is 1. The molecule has 104 valence electrons. The Morgan fingerprint density at radius 3 is 2.74 bits per heavy atom. The highest BCUT2D eigenvalue weighted by atomic mass is 16.3. The fourth-order valence-corrected chi connectivity index (χ4v) is 2.88. The SMILES string of the molecule is Cc1ccc(C)c(CC(O)/C2=C/CCCCCC2)c1. The van der Waals surface area contributed by atoms with E-state index in [-0.39, 0.29) is 6.10 Å². The molecule has 1 aromatic carbocycles. The Balaban J connectivity index is 2.06. The molecule has 0 heterocycles. The number of aryl methyl sites for hydroxylation is 2. The van der Waals surface area contributed by atoms with Gasteiger partial charge in [-0.1, -0.05) is 42.7 Å². The normalized spacial score (nSPS) is 21.1. The fourth-order valence-electron chi connectivity index (χ4n) is 2.88. The zero-order valence-electron chi connectivity index (χ0n) is 12.3. The van der Waals surface area contributed by atoms with E-state index in [1.54, 1.807) is 0 Å². The molecule has 0 radical (unpaired) electrons. The maximum absolute atomic E-state index is 10.5. The molecule has 1 heteroatoms. The van der Waals surface area contributed by atoms with Gasteiger partial charge in [-0.15, -0.1) is 0 Å². The Kier molecular flexibility index (Phi) is 5.21. The highest BCUT2D eigenvalue weighted by Gasteiger charge is 2.14. The summed E-state index contributed by atoms with van der Waals surface area (Å²) in [5, 5.41) is 10.5. The summed E-state index contributed by atoms with van der Waals surface area (Å²) in [5.41, 5.74) is 5.12. The summed E-state index contributed by atoms with van der Waals surface area (Å²) in [7, 11) is 0. The van der Waals surface area contributed by atoms with Crippen LogP contribution in [0.15, 0.2) is 29.8 Å². The Bertz CT molecular complexity index is 445. The molecule has 2 rings (SSSR count). The first-order chi connectivity index (χ1) is 9.16. The van der Waals surface area contributed by atoms with E-state index in [1.165, 1.54) is 47.9 Å². The summed E-state index contributed by atoms with van der Waals surface area (Å²) in [4.78, 5) is 0. The molecule has 19 heavy (non-hydrogen) atoms. The van der Waals surface area contributed by atoms with Crippen LogP contribution in [0, 0.1) is 13.8 Å². The van der Waals surface area contributed by atoms with Crippen LogP contribution in [0.1, 0.15) is 55.2 Å². The average Bonchev–Trinajstić information content (AvgIpc) is 2.33. The van der Waals surface area contributed by atoms with Gasteiger partial charge in [0.2, 0.25) is 0 Å². The van der Waals surface area contributed by atoms with Crippen LogP contribution in [-0.2, 0) is 6.42 Å². The van der Waals surface area contributed by atoms with E-state index in [2.05, 4.69) is 38.1 Å². The number of rotatable bonds is 3. The Morgan fingerprint density at radius 1 is 1.11 bits per heavy atom. The molecular formula is C18H26O. The Labute approximate surface area is 117 Å². The second-order valence-electron chi connectivity index (χ2n) is 5.88. The van der Waals surface area contributed by atoms with E-state index in [4.69, 9.17) is 0 Å². The molecule has 0 saturated carbocycles. The van der Waals surface area contributed by atoms with Crippen molar-refractivity contribution in [1.29, 1.82) is 0 Å². The highest BCUT2D eigenvalue weighted by molar-refractivity contribution is 5.32. The lowest BCUT2D eigenvalue weighted by Crippen LogP contribution is -2.15. The molecule has 0 fully saturated rings. The molecule has 0 saturated heterocycles. The summed E-state index contributed by atoms with van der Waals surface area (Å²) in [6, 6.07) is 6.51. The van der Waals surface area contributed by atoms with E-state index < -0.39 is 0 Å². The predicted octanol–water partition coefficient (Wildman–Crippen LogP) is 4.49. The number of aliphatic hydroxyl groups is 1. The minimum absolute atomic E-state index is 0.293. The predicted molar refractivity (Wildman–Crippen MR) is 81.4 cm³/mol. The molecule has 0 amide bonds. The molecule has 1 atom stereocenters. The van der Waals surface area contributed by atoms with Gasteiger partial charge in [0.15, 0.2) is 0 Å². The first-order valence-corrected chi connectivity index (χ1v) is 7.60. The van der Waals surface area contributed by atoms with Crippen LogP contribution in [0.2, 0.25) is 0 Å². The molecule has 1 unspecified atom stereocenters. The molecule has 1 N–H and O–H groups in total. The maximum Gasteiger partial charge on any atom is 0.0790 e. The molecular weight excluding hydrogens is 232 g/mol. The fraction of sp³-hybridized carbons (Fsp3) is 0.556. The largest absolute Gasteiger partial charge is 0.388 e. The van der Waals surface area contributed by atoms with Gasteiger partial charge >= 0.3 is 0 Å². The second kappa shape index (κ2) is 6.91. The van der Waals surface area contributed by atoms with Crippen LogP contribution in [0.4, 0.5) is 0 Å². The minimum atomic E-state index is -0.293. The Morgan fingerprint density at radius 2 is 1.89 bits per heavy atom. The molecule has 1 aliphatic carbocycles. The average molecular weight is 258 g/mol. The van der Waals surface area contributed by atoms with Crippen LogP contribution < -0.4 is 0 Å². The van der Waals surface area contributed by atoms with Crippen molar-refractivity contribution in [1.82, 2.24) is 0 Å². The van der Waals surface area contributed by atoms with Crippen LogP contribution in [-0.4, -0.2) is 11.2 Å². The Hall–Kier alpha value is -1.08. The molecule has 0 aliphatic heterocycles. The third kappa shape index (κ3) is 4.21. The molecule has 0 spiro atoms. The lowest BCUT2D eigenvalue weighted by Gasteiger charge is -2.18. The van der Waals surface area contributed by atoms with Crippen molar-refractivity contribution in [3.63, 3.8) is 0 Å². The molecule has 1 aliphatic rings. The van der Waals surface area contributed by atoms with Gasteiger partial charge in [-0.25, -0.2) is 0 Å². The van der Waals surface area contributed by atoms with Crippen molar-refractivity contribution in [2.24, 2.45) is 0 Å². The standard InChI is InChI=1S/C18H26O/c1-14-10-11-15(2)17(12-14)13-18(19)16-8-6-4-3-5-7-9-16/h8,10-12,18-19H,3-7,9,13H2,1-2H3/b16-8+. The first kappa shape index (κ1) is 14.3. The van der Waals surface area contributed by atoms with Gasteiger partial charge in [0.05, 0.1) is 6.10 Å². The second-order valence-corrected chi connectivity index (χ2v) is 5.88.